The third kappa shape index (κ3) is 2.31. The lowest BCUT2D eigenvalue weighted by Crippen LogP contribution is -2.17. The zero-order chi connectivity index (χ0) is 16.7. The number of para-hydroxylation sites is 4. The Kier molecular flexibility index (Phi) is 3.27. The molecule has 0 spiro atoms. The van der Waals surface area contributed by atoms with Gasteiger partial charge in [0.25, 0.3) is 0 Å². The highest BCUT2D eigenvalue weighted by molar-refractivity contribution is 6.01. The van der Waals surface area contributed by atoms with E-state index < -0.39 is 0 Å². The topological polar surface area (TPSA) is 42.0 Å². The van der Waals surface area contributed by atoms with E-state index in [0.29, 0.717) is 11.8 Å². The largest absolute Gasteiger partial charge is 0.438 e. The SMILES string of the molecule is CN1/C(=C/C(=O)/C=C2\Oc3ccccc3N2C)Oc2ccccc21. The van der Waals surface area contributed by atoms with Crippen LogP contribution in [0.4, 0.5) is 11.4 Å². The van der Waals surface area contributed by atoms with Crippen LogP contribution >= 0.6 is 0 Å². The Labute approximate surface area is 140 Å². The van der Waals surface area contributed by atoms with Crippen molar-refractivity contribution in [3.05, 3.63) is 72.4 Å². The summed E-state index contributed by atoms with van der Waals surface area (Å²) in [6.07, 6.45) is 2.93. The lowest BCUT2D eigenvalue weighted by atomic mass is 10.3. The molecule has 2 aromatic carbocycles. The number of ketones is 1. The standard InChI is InChI=1S/C19H16N2O3/c1-20-14-7-3-5-9-16(14)23-18(20)11-13(22)12-19-21(2)15-8-4-6-10-17(15)24-19/h3-12H,1-2H3/b18-11-,19-12-. The van der Waals surface area contributed by atoms with Crippen LogP contribution in [0.1, 0.15) is 0 Å². The highest BCUT2D eigenvalue weighted by Gasteiger charge is 2.25. The summed E-state index contributed by atoms with van der Waals surface area (Å²) in [5, 5.41) is 0. The second-order valence-corrected chi connectivity index (χ2v) is 5.63. The maximum absolute atomic E-state index is 12.4. The van der Waals surface area contributed by atoms with Crippen molar-refractivity contribution < 1.29 is 14.3 Å². The van der Waals surface area contributed by atoms with E-state index in [2.05, 4.69) is 0 Å². The second-order valence-electron chi connectivity index (χ2n) is 5.63. The molecule has 0 aromatic heterocycles. The van der Waals surface area contributed by atoms with Gasteiger partial charge in [0, 0.05) is 26.2 Å². The summed E-state index contributed by atoms with van der Waals surface area (Å²) in [6, 6.07) is 15.3. The van der Waals surface area contributed by atoms with Crippen LogP contribution in [-0.2, 0) is 4.79 Å². The van der Waals surface area contributed by atoms with E-state index in [1.165, 1.54) is 12.2 Å². The predicted molar refractivity (Wildman–Crippen MR) is 92.1 cm³/mol. The molecule has 0 fully saturated rings. The summed E-state index contributed by atoms with van der Waals surface area (Å²) in [5.41, 5.74) is 1.87. The van der Waals surface area contributed by atoms with Gasteiger partial charge in [0.15, 0.2) is 17.3 Å². The quantitative estimate of drug-likeness (QED) is 0.794. The summed E-state index contributed by atoms with van der Waals surface area (Å²) in [7, 11) is 3.73. The lowest BCUT2D eigenvalue weighted by molar-refractivity contribution is -0.110. The monoisotopic (exact) mass is 320 g/mol. The fourth-order valence-electron chi connectivity index (χ4n) is 2.78. The van der Waals surface area contributed by atoms with E-state index in [4.69, 9.17) is 9.47 Å². The van der Waals surface area contributed by atoms with Crippen LogP contribution in [0.5, 0.6) is 11.5 Å². The van der Waals surface area contributed by atoms with E-state index in [0.717, 1.165) is 22.9 Å². The van der Waals surface area contributed by atoms with Crippen LogP contribution in [0.25, 0.3) is 0 Å². The lowest BCUT2D eigenvalue weighted by Gasteiger charge is -2.11. The molecule has 2 aromatic rings. The zero-order valence-electron chi connectivity index (χ0n) is 13.4. The average Bonchev–Trinajstić information content (AvgIpc) is 3.06. The van der Waals surface area contributed by atoms with Gasteiger partial charge in [-0.25, -0.2) is 0 Å². The first-order valence-electron chi connectivity index (χ1n) is 7.62. The van der Waals surface area contributed by atoms with Crippen molar-refractivity contribution in [3.63, 3.8) is 0 Å². The van der Waals surface area contributed by atoms with Gasteiger partial charge < -0.3 is 19.3 Å². The minimum absolute atomic E-state index is 0.195. The number of benzene rings is 2. The van der Waals surface area contributed by atoms with Crippen molar-refractivity contribution in [2.75, 3.05) is 23.9 Å². The summed E-state index contributed by atoms with van der Waals surface area (Å²) in [6.45, 7) is 0. The fourth-order valence-corrected chi connectivity index (χ4v) is 2.78. The number of anilines is 2. The number of allylic oxidation sites excluding steroid dienone is 2. The van der Waals surface area contributed by atoms with E-state index >= 15 is 0 Å². The molecule has 5 nitrogen and oxygen atoms in total. The van der Waals surface area contributed by atoms with Crippen LogP contribution < -0.4 is 19.3 Å². The third-order valence-electron chi connectivity index (χ3n) is 4.07. The van der Waals surface area contributed by atoms with Crippen molar-refractivity contribution in [1.82, 2.24) is 0 Å². The molecule has 0 radical (unpaired) electrons. The van der Waals surface area contributed by atoms with Gasteiger partial charge in [0.05, 0.1) is 11.4 Å². The Morgan fingerprint density at radius 2 is 1.21 bits per heavy atom. The van der Waals surface area contributed by atoms with Crippen LogP contribution in [0, 0.1) is 0 Å². The van der Waals surface area contributed by atoms with Crippen molar-refractivity contribution in [3.8, 4) is 11.5 Å². The van der Waals surface area contributed by atoms with Gasteiger partial charge in [-0.2, -0.15) is 0 Å². The highest BCUT2D eigenvalue weighted by Crippen LogP contribution is 2.38. The Balaban J connectivity index is 1.56. The number of rotatable bonds is 2. The maximum atomic E-state index is 12.4. The molecule has 2 aliphatic heterocycles. The Hall–Kier alpha value is -3.21. The van der Waals surface area contributed by atoms with Gasteiger partial charge in [0.2, 0.25) is 11.8 Å². The Bertz CT molecular complexity index is 814. The number of nitrogens with zero attached hydrogens (tertiary/aromatic N) is 2. The van der Waals surface area contributed by atoms with Gasteiger partial charge in [-0.1, -0.05) is 24.3 Å². The molecule has 0 saturated heterocycles. The number of hydrogen-bond donors (Lipinski definition) is 0. The number of carbonyl (C=O) groups is 1. The minimum Gasteiger partial charge on any atom is -0.438 e. The van der Waals surface area contributed by atoms with Crippen LogP contribution in [0.15, 0.2) is 72.4 Å². The molecular weight excluding hydrogens is 304 g/mol. The molecule has 0 N–H and O–H groups in total. The first-order valence-corrected chi connectivity index (χ1v) is 7.62. The van der Waals surface area contributed by atoms with E-state index in [1.54, 1.807) is 0 Å². The number of carbonyl (C=O) groups excluding carboxylic acids is 1. The molecule has 4 rings (SSSR count). The van der Waals surface area contributed by atoms with Crippen molar-refractivity contribution >= 4 is 17.2 Å². The molecule has 0 atom stereocenters. The van der Waals surface area contributed by atoms with Gasteiger partial charge in [-0.05, 0) is 24.3 Å². The summed E-state index contributed by atoms with van der Waals surface area (Å²) in [5.74, 6) is 2.29. The molecular formula is C19H16N2O3. The molecule has 0 unspecified atom stereocenters. The zero-order valence-corrected chi connectivity index (χ0v) is 13.4. The molecule has 120 valence electrons. The molecule has 0 aliphatic carbocycles. The van der Waals surface area contributed by atoms with E-state index in [-0.39, 0.29) is 5.78 Å². The Morgan fingerprint density at radius 1 is 0.792 bits per heavy atom. The normalized spacial score (nSPS) is 18.4. The summed E-state index contributed by atoms with van der Waals surface area (Å²) in [4.78, 5) is 16.1. The smallest absolute Gasteiger partial charge is 0.204 e. The Morgan fingerprint density at radius 3 is 1.62 bits per heavy atom. The van der Waals surface area contributed by atoms with Crippen molar-refractivity contribution in [1.29, 1.82) is 0 Å². The van der Waals surface area contributed by atoms with Crippen molar-refractivity contribution in [2.24, 2.45) is 0 Å². The van der Waals surface area contributed by atoms with Gasteiger partial charge >= 0.3 is 0 Å². The molecule has 0 saturated carbocycles. The molecule has 0 bridgehead atoms. The van der Waals surface area contributed by atoms with Crippen molar-refractivity contribution in [2.45, 2.75) is 0 Å². The molecule has 0 amide bonds. The van der Waals surface area contributed by atoms with Crippen LogP contribution in [0.3, 0.4) is 0 Å². The molecule has 2 aliphatic rings. The van der Waals surface area contributed by atoms with Gasteiger partial charge in [-0.3, -0.25) is 4.79 Å². The molecule has 2 heterocycles. The van der Waals surface area contributed by atoms with Crippen LogP contribution in [0.2, 0.25) is 0 Å². The minimum atomic E-state index is -0.195. The number of hydrogen-bond acceptors (Lipinski definition) is 5. The first-order chi connectivity index (χ1) is 11.6. The van der Waals surface area contributed by atoms with Gasteiger partial charge in [-0.15, -0.1) is 0 Å². The fraction of sp³-hybridized carbons (Fsp3) is 0.105. The van der Waals surface area contributed by atoms with Gasteiger partial charge in [0.1, 0.15) is 0 Å². The molecule has 24 heavy (non-hydrogen) atoms. The maximum Gasteiger partial charge on any atom is 0.204 e. The second kappa shape index (κ2) is 5.45. The predicted octanol–water partition coefficient (Wildman–Crippen LogP) is 3.30. The number of ether oxygens (including phenoxy) is 2. The summed E-state index contributed by atoms with van der Waals surface area (Å²) >= 11 is 0. The van der Waals surface area contributed by atoms with E-state index in [9.17, 15) is 4.79 Å². The summed E-state index contributed by atoms with van der Waals surface area (Å²) < 4.78 is 11.5. The number of fused-ring (bicyclic) bond motifs is 2. The van der Waals surface area contributed by atoms with Crippen LogP contribution in [-0.4, -0.2) is 19.9 Å². The average molecular weight is 320 g/mol. The highest BCUT2D eigenvalue weighted by atomic mass is 16.5. The first kappa shape index (κ1) is 14.4. The molecule has 5 heteroatoms. The third-order valence-corrected chi connectivity index (χ3v) is 4.07. The van der Waals surface area contributed by atoms with E-state index in [1.807, 2.05) is 72.4 Å².